The molecule has 0 aliphatic heterocycles. The van der Waals surface area contributed by atoms with E-state index in [1.807, 2.05) is 13.0 Å². The zero-order valence-corrected chi connectivity index (χ0v) is 10.3. The molecule has 0 spiro atoms. The van der Waals surface area contributed by atoms with Crippen LogP contribution in [0, 0.1) is 18.3 Å². The topological polar surface area (TPSA) is 57.9 Å². The predicted molar refractivity (Wildman–Crippen MR) is 70.0 cm³/mol. The van der Waals surface area contributed by atoms with E-state index in [-0.39, 0.29) is 0 Å². The van der Waals surface area contributed by atoms with Crippen molar-refractivity contribution in [2.45, 2.75) is 6.92 Å². The summed E-state index contributed by atoms with van der Waals surface area (Å²) in [5.74, 6) is 0.706. The molecule has 2 rings (SSSR count). The van der Waals surface area contributed by atoms with E-state index in [9.17, 15) is 0 Å². The molecule has 0 bridgehead atoms. The van der Waals surface area contributed by atoms with E-state index in [1.54, 1.807) is 37.7 Å². The lowest BCUT2D eigenvalue weighted by atomic mass is 10.1. The first-order valence-electron chi connectivity index (χ1n) is 5.50. The Kier molecular flexibility index (Phi) is 3.44. The first-order chi connectivity index (χ1) is 8.72. The molecule has 0 saturated carbocycles. The van der Waals surface area contributed by atoms with Crippen molar-refractivity contribution in [3.8, 4) is 11.8 Å². The molecule has 0 aliphatic carbocycles. The normalized spacial score (nSPS) is 9.61. The minimum absolute atomic E-state index is 0.567. The Morgan fingerprint density at radius 1 is 1.28 bits per heavy atom. The Balaban J connectivity index is 2.36. The Morgan fingerprint density at radius 3 is 2.78 bits per heavy atom. The summed E-state index contributed by atoms with van der Waals surface area (Å²) in [6.07, 6.45) is 3.50. The van der Waals surface area contributed by atoms with Crippen molar-refractivity contribution in [2.24, 2.45) is 0 Å². The van der Waals surface area contributed by atoms with Crippen molar-refractivity contribution in [1.29, 1.82) is 5.26 Å². The summed E-state index contributed by atoms with van der Waals surface area (Å²) < 4.78 is 5.15. The van der Waals surface area contributed by atoms with Gasteiger partial charge < -0.3 is 10.1 Å². The van der Waals surface area contributed by atoms with Gasteiger partial charge in [0.2, 0.25) is 0 Å². The van der Waals surface area contributed by atoms with Crippen LogP contribution in [0.25, 0.3) is 0 Å². The van der Waals surface area contributed by atoms with Crippen molar-refractivity contribution < 1.29 is 4.74 Å². The number of aryl methyl sites for hydroxylation is 1. The van der Waals surface area contributed by atoms with E-state index >= 15 is 0 Å². The lowest BCUT2D eigenvalue weighted by Gasteiger charge is -2.10. The van der Waals surface area contributed by atoms with Gasteiger partial charge in [-0.3, -0.25) is 4.98 Å². The first-order valence-corrected chi connectivity index (χ1v) is 5.50. The summed E-state index contributed by atoms with van der Waals surface area (Å²) in [5, 5.41) is 12.2. The van der Waals surface area contributed by atoms with Gasteiger partial charge in [-0.2, -0.15) is 5.26 Å². The third-order valence-corrected chi connectivity index (χ3v) is 2.50. The summed E-state index contributed by atoms with van der Waals surface area (Å²) in [6, 6.07) is 9.39. The van der Waals surface area contributed by atoms with Crippen LogP contribution in [0.1, 0.15) is 11.1 Å². The number of anilines is 2. The fourth-order valence-electron chi connectivity index (χ4n) is 1.63. The molecule has 0 aliphatic rings. The first kappa shape index (κ1) is 11.9. The van der Waals surface area contributed by atoms with Crippen LogP contribution in [0.3, 0.4) is 0 Å². The highest BCUT2D eigenvalue weighted by atomic mass is 16.5. The number of aromatic nitrogens is 1. The van der Waals surface area contributed by atoms with Crippen LogP contribution in [0.4, 0.5) is 11.4 Å². The zero-order chi connectivity index (χ0) is 13.0. The second kappa shape index (κ2) is 5.19. The van der Waals surface area contributed by atoms with E-state index in [0.29, 0.717) is 17.0 Å². The van der Waals surface area contributed by atoms with Gasteiger partial charge in [0.05, 0.1) is 30.2 Å². The van der Waals surface area contributed by atoms with Crippen molar-refractivity contribution in [3.63, 3.8) is 0 Å². The number of methoxy groups -OCH3 is 1. The van der Waals surface area contributed by atoms with Crippen molar-refractivity contribution in [1.82, 2.24) is 4.98 Å². The van der Waals surface area contributed by atoms with Gasteiger partial charge in [0.15, 0.2) is 0 Å². The molecular weight excluding hydrogens is 226 g/mol. The predicted octanol–water partition coefficient (Wildman–Crippen LogP) is 3.01. The van der Waals surface area contributed by atoms with Crippen molar-refractivity contribution >= 4 is 11.4 Å². The Labute approximate surface area is 106 Å². The summed E-state index contributed by atoms with van der Waals surface area (Å²) >= 11 is 0. The minimum Gasteiger partial charge on any atom is -0.497 e. The molecule has 1 N–H and O–H groups in total. The van der Waals surface area contributed by atoms with Crippen molar-refractivity contribution in [3.05, 3.63) is 47.8 Å². The average Bonchev–Trinajstić information content (AvgIpc) is 2.38. The van der Waals surface area contributed by atoms with E-state index in [2.05, 4.69) is 16.4 Å². The molecule has 0 fully saturated rings. The number of hydrogen-bond acceptors (Lipinski definition) is 4. The molecule has 0 saturated heterocycles. The lowest BCUT2D eigenvalue weighted by Crippen LogP contribution is -1.96. The molecule has 0 unspecified atom stereocenters. The summed E-state index contributed by atoms with van der Waals surface area (Å²) in [7, 11) is 1.60. The molecule has 0 atom stereocenters. The number of ether oxygens (including phenoxy) is 1. The van der Waals surface area contributed by atoms with Crippen LogP contribution in [0.15, 0.2) is 36.7 Å². The van der Waals surface area contributed by atoms with Gasteiger partial charge in [-0.1, -0.05) is 0 Å². The third-order valence-electron chi connectivity index (χ3n) is 2.50. The van der Waals surface area contributed by atoms with Gasteiger partial charge in [-0.25, -0.2) is 0 Å². The van der Waals surface area contributed by atoms with Gasteiger partial charge in [-0.15, -0.1) is 0 Å². The van der Waals surface area contributed by atoms with E-state index < -0.39 is 0 Å². The molecule has 18 heavy (non-hydrogen) atoms. The molecular formula is C14H13N3O. The van der Waals surface area contributed by atoms with Gasteiger partial charge in [0, 0.05) is 12.3 Å². The Hall–Kier alpha value is -2.54. The number of nitriles is 1. The summed E-state index contributed by atoms with van der Waals surface area (Å²) in [4.78, 5) is 4.10. The average molecular weight is 239 g/mol. The van der Waals surface area contributed by atoms with E-state index in [4.69, 9.17) is 10.00 Å². The Morgan fingerprint density at radius 2 is 2.11 bits per heavy atom. The van der Waals surface area contributed by atoms with E-state index in [1.165, 1.54) is 0 Å². The highest BCUT2D eigenvalue weighted by molar-refractivity contribution is 5.68. The van der Waals surface area contributed by atoms with Gasteiger partial charge in [0.1, 0.15) is 11.8 Å². The van der Waals surface area contributed by atoms with Crippen LogP contribution in [0.5, 0.6) is 5.75 Å². The molecule has 1 aromatic carbocycles. The SMILES string of the molecule is COc1ccc(C#N)c(Nc2cncc(C)c2)c1. The smallest absolute Gasteiger partial charge is 0.121 e. The maximum Gasteiger partial charge on any atom is 0.121 e. The monoisotopic (exact) mass is 239 g/mol. The zero-order valence-electron chi connectivity index (χ0n) is 10.3. The molecule has 1 heterocycles. The quantitative estimate of drug-likeness (QED) is 0.894. The molecule has 4 heteroatoms. The standard InChI is InChI=1S/C14H13N3O/c1-10-5-12(9-16-8-10)17-14-6-13(18-2)4-3-11(14)7-15/h3-6,8-9,17H,1-2H3. The lowest BCUT2D eigenvalue weighted by molar-refractivity contribution is 0.415. The Bertz CT molecular complexity index is 602. The maximum atomic E-state index is 9.07. The number of hydrogen-bond donors (Lipinski definition) is 1. The number of nitrogens with zero attached hydrogens (tertiary/aromatic N) is 2. The van der Waals surface area contributed by atoms with Gasteiger partial charge in [0.25, 0.3) is 0 Å². The van der Waals surface area contributed by atoms with Crippen LogP contribution in [-0.2, 0) is 0 Å². The van der Waals surface area contributed by atoms with E-state index in [0.717, 1.165) is 11.3 Å². The number of benzene rings is 1. The van der Waals surface area contributed by atoms with Crippen LogP contribution < -0.4 is 10.1 Å². The van der Waals surface area contributed by atoms with Gasteiger partial charge >= 0.3 is 0 Å². The largest absolute Gasteiger partial charge is 0.497 e. The summed E-state index contributed by atoms with van der Waals surface area (Å²) in [6.45, 7) is 1.97. The molecule has 0 radical (unpaired) electrons. The maximum absolute atomic E-state index is 9.07. The minimum atomic E-state index is 0.567. The third kappa shape index (κ3) is 2.58. The van der Waals surface area contributed by atoms with Crippen LogP contribution >= 0.6 is 0 Å². The fourth-order valence-corrected chi connectivity index (χ4v) is 1.63. The summed E-state index contributed by atoms with van der Waals surface area (Å²) in [5.41, 5.74) is 3.18. The number of pyridine rings is 1. The highest BCUT2D eigenvalue weighted by Crippen LogP contribution is 2.25. The van der Waals surface area contributed by atoms with Crippen LogP contribution in [-0.4, -0.2) is 12.1 Å². The highest BCUT2D eigenvalue weighted by Gasteiger charge is 2.04. The fraction of sp³-hybridized carbons (Fsp3) is 0.143. The second-order valence-corrected chi connectivity index (χ2v) is 3.90. The number of nitrogens with one attached hydrogen (secondary N) is 1. The molecule has 90 valence electrons. The molecule has 4 nitrogen and oxygen atoms in total. The molecule has 0 amide bonds. The second-order valence-electron chi connectivity index (χ2n) is 3.90. The number of rotatable bonds is 3. The molecule has 2 aromatic rings. The van der Waals surface area contributed by atoms with Gasteiger partial charge in [-0.05, 0) is 30.7 Å². The molecule has 1 aromatic heterocycles. The van der Waals surface area contributed by atoms with Crippen molar-refractivity contribution in [2.75, 3.05) is 12.4 Å². The van der Waals surface area contributed by atoms with Crippen LogP contribution in [0.2, 0.25) is 0 Å².